The van der Waals surface area contributed by atoms with Crippen molar-refractivity contribution in [2.45, 2.75) is 36.5 Å². The molecule has 2 aromatic heterocycles. The summed E-state index contributed by atoms with van der Waals surface area (Å²) in [6.07, 6.45) is 5.84. The number of piperidine rings is 1. The van der Waals surface area contributed by atoms with Gasteiger partial charge in [-0.3, -0.25) is 0 Å². The number of hydrogen-bond acceptors (Lipinski definition) is 8. The molecule has 33 heavy (non-hydrogen) atoms. The molecule has 0 aliphatic carbocycles. The average molecular weight is 482 g/mol. The number of anilines is 2. The van der Waals surface area contributed by atoms with Gasteiger partial charge in [0.15, 0.2) is 10.3 Å². The molecule has 0 amide bonds. The van der Waals surface area contributed by atoms with E-state index < -0.39 is 0 Å². The monoisotopic (exact) mass is 481 g/mol. The molecule has 1 unspecified atom stereocenters. The maximum Gasteiger partial charge on any atom is 0.232 e. The highest BCUT2D eigenvalue weighted by Crippen LogP contribution is 2.29. The van der Waals surface area contributed by atoms with Crippen LogP contribution in [0.1, 0.15) is 25.3 Å². The standard InChI is InChI=1S/C23H27N7OS2/c1-16-5-3-12-30(15-16)19-13-20(33-23-24-10-4-11-25-23)28-21(27-19)29-22(32)26-14-17-6-8-18(31-2)9-7-17/h4,6-11,13,16H,3,5,12,14-15H2,1-2H3,(H2,26,27,28,29,32). The molecule has 10 heteroatoms. The van der Waals surface area contributed by atoms with Crippen LogP contribution in [-0.4, -0.2) is 45.2 Å². The van der Waals surface area contributed by atoms with Crippen LogP contribution in [0.5, 0.6) is 5.75 Å². The zero-order valence-electron chi connectivity index (χ0n) is 18.7. The van der Waals surface area contributed by atoms with Gasteiger partial charge in [-0.1, -0.05) is 19.1 Å². The lowest BCUT2D eigenvalue weighted by Gasteiger charge is -2.32. The minimum atomic E-state index is 0.455. The summed E-state index contributed by atoms with van der Waals surface area (Å²) >= 11 is 6.91. The average Bonchev–Trinajstić information content (AvgIpc) is 2.83. The van der Waals surface area contributed by atoms with Crippen molar-refractivity contribution in [1.82, 2.24) is 25.3 Å². The molecule has 1 fully saturated rings. The van der Waals surface area contributed by atoms with Crippen LogP contribution in [0.15, 0.2) is 59.0 Å². The van der Waals surface area contributed by atoms with Gasteiger partial charge in [-0.2, -0.15) is 4.98 Å². The van der Waals surface area contributed by atoms with Gasteiger partial charge in [0.05, 0.1) is 7.11 Å². The van der Waals surface area contributed by atoms with E-state index in [2.05, 4.69) is 37.4 Å². The summed E-state index contributed by atoms with van der Waals surface area (Å²) in [6.45, 7) is 4.81. The second-order valence-corrected chi connectivity index (χ2v) is 9.27. The van der Waals surface area contributed by atoms with Crippen LogP contribution in [0.25, 0.3) is 0 Å². The summed E-state index contributed by atoms with van der Waals surface area (Å²) in [5, 5.41) is 8.23. The quantitative estimate of drug-likeness (QED) is 0.291. The molecule has 1 aliphatic rings. The number of ether oxygens (including phenoxy) is 1. The smallest absolute Gasteiger partial charge is 0.232 e. The Balaban J connectivity index is 1.48. The first kappa shape index (κ1) is 23.2. The predicted octanol–water partition coefficient (Wildman–Crippen LogP) is 4.15. The first-order chi connectivity index (χ1) is 16.1. The Morgan fingerprint density at radius 3 is 2.73 bits per heavy atom. The van der Waals surface area contributed by atoms with Crippen LogP contribution in [0.4, 0.5) is 11.8 Å². The largest absolute Gasteiger partial charge is 0.497 e. The van der Waals surface area contributed by atoms with E-state index in [0.29, 0.717) is 28.7 Å². The number of benzene rings is 1. The zero-order valence-corrected chi connectivity index (χ0v) is 20.3. The van der Waals surface area contributed by atoms with Crippen LogP contribution in [0.3, 0.4) is 0 Å². The number of methoxy groups -OCH3 is 1. The highest BCUT2D eigenvalue weighted by Gasteiger charge is 2.20. The summed E-state index contributed by atoms with van der Waals surface area (Å²) in [4.78, 5) is 20.3. The summed E-state index contributed by atoms with van der Waals surface area (Å²) in [5.41, 5.74) is 1.09. The Morgan fingerprint density at radius 2 is 2.00 bits per heavy atom. The van der Waals surface area contributed by atoms with Crippen molar-refractivity contribution in [3.05, 3.63) is 54.4 Å². The predicted molar refractivity (Wildman–Crippen MR) is 135 cm³/mol. The summed E-state index contributed by atoms with van der Waals surface area (Å²) in [7, 11) is 1.65. The molecular formula is C23H27N7OS2. The Bertz CT molecular complexity index is 1070. The Hall–Kier alpha value is -2.98. The summed E-state index contributed by atoms with van der Waals surface area (Å²) < 4.78 is 5.21. The van der Waals surface area contributed by atoms with Crippen molar-refractivity contribution in [3.8, 4) is 5.75 Å². The van der Waals surface area contributed by atoms with Crippen molar-refractivity contribution in [1.29, 1.82) is 0 Å². The van der Waals surface area contributed by atoms with Gasteiger partial charge in [0.1, 0.15) is 16.6 Å². The number of hydrogen-bond donors (Lipinski definition) is 2. The molecule has 0 bridgehead atoms. The number of nitrogens with zero attached hydrogens (tertiary/aromatic N) is 5. The lowest BCUT2D eigenvalue weighted by molar-refractivity contribution is 0.414. The van der Waals surface area contributed by atoms with E-state index in [1.165, 1.54) is 18.2 Å². The maximum absolute atomic E-state index is 5.50. The molecule has 8 nitrogen and oxygen atoms in total. The van der Waals surface area contributed by atoms with Crippen molar-refractivity contribution in [2.75, 3.05) is 30.4 Å². The third-order valence-electron chi connectivity index (χ3n) is 5.25. The van der Waals surface area contributed by atoms with Gasteiger partial charge in [0.25, 0.3) is 0 Å². The highest BCUT2D eigenvalue weighted by atomic mass is 32.2. The van der Waals surface area contributed by atoms with E-state index in [9.17, 15) is 0 Å². The Morgan fingerprint density at radius 1 is 1.21 bits per heavy atom. The van der Waals surface area contributed by atoms with Gasteiger partial charge in [0, 0.05) is 38.1 Å². The van der Waals surface area contributed by atoms with E-state index in [1.807, 2.05) is 30.3 Å². The molecule has 172 valence electrons. The second-order valence-electron chi connectivity index (χ2n) is 7.87. The molecule has 0 radical (unpaired) electrons. The van der Waals surface area contributed by atoms with Gasteiger partial charge in [-0.15, -0.1) is 0 Å². The third kappa shape index (κ3) is 6.75. The first-order valence-corrected chi connectivity index (χ1v) is 12.1. The minimum absolute atomic E-state index is 0.455. The van der Waals surface area contributed by atoms with Crippen molar-refractivity contribution in [2.24, 2.45) is 5.92 Å². The van der Waals surface area contributed by atoms with E-state index in [-0.39, 0.29) is 0 Å². The van der Waals surface area contributed by atoms with Gasteiger partial charge in [-0.05, 0) is 66.5 Å². The highest BCUT2D eigenvalue weighted by molar-refractivity contribution is 7.99. The number of thiocarbonyl (C=S) groups is 1. The SMILES string of the molecule is COc1ccc(CNC(=S)Nc2nc(Sc3ncccn3)cc(N3CCCC(C)C3)n2)cc1. The lowest BCUT2D eigenvalue weighted by atomic mass is 10.0. The molecule has 1 aromatic carbocycles. The van der Waals surface area contributed by atoms with Crippen LogP contribution >= 0.6 is 24.0 Å². The van der Waals surface area contributed by atoms with Crippen LogP contribution < -0.4 is 20.3 Å². The molecule has 0 spiro atoms. The Labute approximate surface area is 203 Å². The third-order valence-corrected chi connectivity index (χ3v) is 6.30. The van der Waals surface area contributed by atoms with Gasteiger partial charge in [-0.25, -0.2) is 15.0 Å². The molecular weight excluding hydrogens is 454 g/mol. The normalized spacial score (nSPS) is 15.7. The number of nitrogens with one attached hydrogen (secondary N) is 2. The fraction of sp³-hybridized carbons (Fsp3) is 0.348. The maximum atomic E-state index is 5.50. The summed E-state index contributed by atoms with van der Waals surface area (Å²) in [6, 6.07) is 11.6. The van der Waals surface area contributed by atoms with E-state index in [1.54, 1.807) is 25.6 Å². The van der Waals surface area contributed by atoms with E-state index in [0.717, 1.165) is 41.7 Å². The van der Waals surface area contributed by atoms with Gasteiger partial charge >= 0.3 is 0 Å². The topological polar surface area (TPSA) is 88.1 Å². The molecule has 1 saturated heterocycles. The van der Waals surface area contributed by atoms with Gasteiger partial charge < -0.3 is 20.3 Å². The second kappa shape index (κ2) is 11.2. The van der Waals surface area contributed by atoms with Crippen molar-refractivity contribution in [3.63, 3.8) is 0 Å². The van der Waals surface area contributed by atoms with E-state index in [4.69, 9.17) is 21.9 Å². The van der Waals surface area contributed by atoms with Crippen molar-refractivity contribution < 1.29 is 4.74 Å². The summed E-state index contributed by atoms with van der Waals surface area (Å²) in [5.74, 6) is 2.79. The molecule has 4 rings (SSSR count). The Kier molecular flexibility index (Phi) is 7.90. The van der Waals surface area contributed by atoms with Crippen LogP contribution in [-0.2, 0) is 6.54 Å². The first-order valence-electron chi connectivity index (χ1n) is 10.9. The molecule has 1 atom stereocenters. The minimum Gasteiger partial charge on any atom is -0.497 e. The van der Waals surface area contributed by atoms with Gasteiger partial charge in [0.2, 0.25) is 5.95 Å². The van der Waals surface area contributed by atoms with E-state index >= 15 is 0 Å². The van der Waals surface area contributed by atoms with Crippen LogP contribution in [0.2, 0.25) is 0 Å². The molecule has 1 aliphatic heterocycles. The van der Waals surface area contributed by atoms with Crippen molar-refractivity contribution >= 4 is 40.9 Å². The molecule has 3 aromatic rings. The number of aromatic nitrogens is 4. The fourth-order valence-corrected chi connectivity index (χ4v) is 4.46. The van der Waals surface area contributed by atoms with Crippen LogP contribution in [0, 0.1) is 5.92 Å². The molecule has 3 heterocycles. The lowest BCUT2D eigenvalue weighted by Crippen LogP contribution is -2.35. The molecule has 2 N–H and O–H groups in total. The fourth-order valence-electron chi connectivity index (χ4n) is 3.58. The molecule has 0 saturated carbocycles. The zero-order chi connectivity index (χ0) is 23.0. The number of rotatable bonds is 7.